The lowest BCUT2D eigenvalue weighted by Gasteiger charge is -2.12. The Kier molecular flexibility index (Phi) is 16.4. The average molecular weight is 557 g/mol. The number of nitrogens with zero attached hydrogens (tertiary/aromatic N) is 4. The van der Waals surface area contributed by atoms with Gasteiger partial charge in [0.15, 0.2) is 23.0 Å². The van der Waals surface area contributed by atoms with E-state index in [0.717, 1.165) is 30.4 Å². The van der Waals surface area contributed by atoms with E-state index >= 15 is 0 Å². The van der Waals surface area contributed by atoms with Crippen LogP contribution in [0.4, 0.5) is 0 Å². The summed E-state index contributed by atoms with van der Waals surface area (Å²) in [5, 5.41) is 14.8. The number of halogens is 2. The van der Waals surface area contributed by atoms with E-state index in [-0.39, 0.29) is 36.7 Å². The van der Waals surface area contributed by atoms with Gasteiger partial charge < -0.3 is 41.9 Å². The van der Waals surface area contributed by atoms with E-state index < -0.39 is 0 Å². The van der Waals surface area contributed by atoms with Crippen molar-refractivity contribution < 1.29 is 18.9 Å². The highest BCUT2D eigenvalue weighted by molar-refractivity contribution is 5.86. The molecular weight excluding hydrogens is 523 g/mol. The Morgan fingerprint density at radius 2 is 1.05 bits per heavy atom. The van der Waals surface area contributed by atoms with Crippen LogP contribution in [0.3, 0.4) is 0 Å². The third-order valence-corrected chi connectivity index (χ3v) is 4.44. The fourth-order valence-electron chi connectivity index (χ4n) is 2.84. The first-order chi connectivity index (χ1) is 16.9. The van der Waals surface area contributed by atoms with Crippen molar-refractivity contribution in [3.8, 4) is 23.0 Å². The third-order valence-electron chi connectivity index (χ3n) is 4.44. The molecule has 0 unspecified atom stereocenters. The highest BCUT2D eigenvalue weighted by Crippen LogP contribution is 2.29. The maximum atomic E-state index is 5.89. The Balaban J connectivity index is 0.00000648. The van der Waals surface area contributed by atoms with E-state index in [0.29, 0.717) is 36.2 Å². The largest absolute Gasteiger partial charge is 0.493 e. The minimum absolute atomic E-state index is 0. The zero-order valence-corrected chi connectivity index (χ0v) is 22.3. The molecule has 0 aliphatic rings. The second-order valence-corrected chi connectivity index (χ2v) is 7.12. The predicted molar refractivity (Wildman–Crippen MR) is 152 cm³/mol. The molecule has 0 heterocycles. The predicted octanol–water partition coefficient (Wildman–Crippen LogP) is 2.39. The Morgan fingerprint density at radius 3 is 1.41 bits per heavy atom. The molecule has 0 aliphatic heterocycles. The molecule has 2 aromatic rings. The molecule has 0 spiro atoms. The first-order valence-corrected chi connectivity index (χ1v) is 10.8. The quantitative estimate of drug-likeness (QED) is 0.118. The van der Waals surface area contributed by atoms with E-state index in [1.54, 1.807) is 26.4 Å². The molecule has 0 amide bonds. The first-order valence-electron chi connectivity index (χ1n) is 10.8. The van der Waals surface area contributed by atoms with Crippen LogP contribution >= 0.6 is 24.8 Å². The van der Waals surface area contributed by atoms with Gasteiger partial charge in [-0.2, -0.15) is 10.2 Å². The summed E-state index contributed by atoms with van der Waals surface area (Å²) >= 11 is 0. The number of hydrogen-bond acceptors (Lipinski definition) is 8. The summed E-state index contributed by atoms with van der Waals surface area (Å²) in [5.74, 6) is 2.25. The van der Waals surface area contributed by atoms with E-state index in [1.807, 2.05) is 24.3 Å². The lowest BCUT2D eigenvalue weighted by Crippen LogP contribution is -2.21. The molecule has 0 radical (unpaired) electrons. The molecule has 204 valence electrons. The Labute approximate surface area is 228 Å². The molecule has 0 fully saturated rings. The lowest BCUT2D eigenvalue weighted by atomic mass is 10.2. The Hall–Kier alpha value is -3.90. The van der Waals surface area contributed by atoms with Crippen molar-refractivity contribution >= 4 is 49.2 Å². The minimum atomic E-state index is -0.113. The second kappa shape index (κ2) is 18.4. The summed E-state index contributed by atoms with van der Waals surface area (Å²) in [6.07, 6.45) is 5.63. The number of benzene rings is 2. The molecule has 0 saturated heterocycles. The Bertz CT molecular complexity index is 989. The van der Waals surface area contributed by atoms with Crippen molar-refractivity contribution in [2.24, 2.45) is 43.3 Å². The normalized spacial score (nSPS) is 10.2. The van der Waals surface area contributed by atoms with Crippen LogP contribution in [0.5, 0.6) is 23.0 Å². The van der Waals surface area contributed by atoms with Crippen molar-refractivity contribution in [1.82, 2.24) is 0 Å². The Morgan fingerprint density at radius 1 is 0.649 bits per heavy atom. The van der Waals surface area contributed by atoms with Gasteiger partial charge in [-0.05, 0) is 66.8 Å². The standard InChI is InChI=1S/C23H32N8O4.2ClH/c1-32-18-8-6-16(14-28-30-22(24)25)12-20(18)34-10-4-3-5-11-35-21-13-17(7-9-19(21)33-2)15-29-31-23(26)27;;/h6-9,12-15H,3-5,10-11H2,1-2H3,(H4,24,25,30)(H4,26,27,31);2*1H. The summed E-state index contributed by atoms with van der Waals surface area (Å²) in [6, 6.07) is 10.9. The molecule has 14 heteroatoms. The van der Waals surface area contributed by atoms with Gasteiger partial charge >= 0.3 is 0 Å². The van der Waals surface area contributed by atoms with Crippen LogP contribution in [-0.4, -0.2) is 51.8 Å². The smallest absolute Gasteiger partial charge is 0.211 e. The van der Waals surface area contributed by atoms with Gasteiger partial charge in [-0.15, -0.1) is 35.0 Å². The monoisotopic (exact) mass is 556 g/mol. The summed E-state index contributed by atoms with van der Waals surface area (Å²) in [6.45, 7) is 1.04. The van der Waals surface area contributed by atoms with Crippen LogP contribution < -0.4 is 41.9 Å². The molecule has 2 aromatic carbocycles. The summed E-state index contributed by atoms with van der Waals surface area (Å²) < 4.78 is 22.5. The minimum Gasteiger partial charge on any atom is -0.493 e. The molecular formula is C23H34Cl2N8O4. The molecule has 0 saturated carbocycles. The fourth-order valence-corrected chi connectivity index (χ4v) is 2.84. The zero-order valence-electron chi connectivity index (χ0n) is 20.7. The maximum Gasteiger partial charge on any atom is 0.211 e. The van der Waals surface area contributed by atoms with Crippen LogP contribution in [-0.2, 0) is 0 Å². The summed E-state index contributed by atoms with van der Waals surface area (Å²) in [4.78, 5) is 0. The molecule has 0 bridgehead atoms. The van der Waals surface area contributed by atoms with E-state index in [2.05, 4.69) is 20.4 Å². The number of hydrogen-bond donors (Lipinski definition) is 4. The van der Waals surface area contributed by atoms with Crippen molar-refractivity contribution in [1.29, 1.82) is 0 Å². The zero-order chi connectivity index (χ0) is 25.5. The topological polar surface area (TPSA) is 190 Å². The number of ether oxygens (including phenoxy) is 4. The maximum absolute atomic E-state index is 5.89. The molecule has 2 rings (SSSR count). The number of guanidine groups is 2. The molecule has 0 aliphatic carbocycles. The van der Waals surface area contributed by atoms with Crippen molar-refractivity contribution in [2.75, 3.05) is 27.4 Å². The van der Waals surface area contributed by atoms with Crippen LogP contribution in [0, 0.1) is 0 Å². The van der Waals surface area contributed by atoms with Gasteiger partial charge in [0.2, 0.25) is 11.9 Å². The number of methoxy groups -OCH3 is 2. The SMILES string of the molecule is COc1ccc(C=NN=C(N)N)cc1OCCCCCOc1cc(C=NN=C(N)N)ccc1OC.Cl.Cl. The van der Waals surface area contributed by atoms with Crippen LogP contribution in [0.25, 0.3) is 0 Å². The molecule has 0 aromatic heterocycles. The first kappa shape index (κ1) is 33.1. The average Bonchev–Trinajstić information content (AvgIpc) is 2.83. The summed E-state index contributed by atoms with van der Waals surface area (Å²) in [7, 11) is 3.17. The van der Waals surface area contributed by atoms with E-state index in [1.165, 1.54) is 12.4 Å². The van der Waals surface area contributed by atoms with Gasteiger partial charge in [-0.25, -0.2) is 0 Å². The molecule has 37 heavy (non-hydrogen) atoms. The van der Waals surface area contributed by atoms with Gasteiger partial charge in [0.1, 0.15) is 0 Å². The number of nitrogens with two attached hydrogens (primary N) is 4. The van der Waals surface area contributed by atoms with Crippen LogP contribution in [0.2, 0.25) is 0 Å². The van der Waals surface area contributed by atoms with Crippen LogP contribution in [0.15, 0.2) is 56.8 Å². The van der Waals surface area contributed by atoms with Crippen molar-refractivity contribution in [3.05, 3.63) is 47.5 Å². The summed E-state index contributed by atoms with van der Waals surface area (Å²) in [5.41, 5.74) is 22.6. The molecule has 12 nitrogen and oxygen atoms in total. The van der Waals surface area contributed by atoms with Gasteiger partial charge in [-0.3, -0.25) is 0 Å². The highest BCUT2D eigenvalue weighted by Gasteiger charge is 2.07. The van der Waals surface area contributed by atoms with Gasteiger partial charge in [0.25, 0.3) is 0 Å². The van der Waals surface area contributed by atoms with Gasteiger partial charge in [0.05, 0.1) is 39.9 Å². The fraction of sp³-hybridized carbons (Fsp3) is 0.304. The number of unbranched alkanes of at least 4 members (excludes halogenated alkanes) is 2. The van der Waals surface area contributed by atoms with E-state index in [9.17, 15) is 0 Å². The van der Waals surface area contributed by atoms with Gasteiger partial charge in [-0.1, -0.05) is 0 Å². The third kappa shape index (κ3) is 12.6. The van der Waals surface area contributed by atoms with Crippen molar-refractivity contribution in [2.45, 2.75) is 19.3 Å². The number of rotatable bonds is 14. The van der Waals surface area contributed by atoms with Gasteiger partial charge in [0, 0.05) is 0 Å². The molecule has 8 N–H and O–H groups in total. The van der Waals surface area contributed by atoms with E-state index in [4.69, 9.17) is 41.9 Å². The highest BCUT2D eigenvalue weighted by atomic mass is 35.5. The second-order valence-electron chi connectivity index (χ2n) is 7.12. The lowest BCUT2D eigenvalue weighted by molar-refractivity contribution is 0.264. The van der Waals surface area contributed by atoms with Crippen LogP contribution in [0.1, 0.15) is 30.4 Å². The van der Waals surface area contributed by atoms with Crippen molar-refractivity contribution in [3.63, 3.8) is 0 Å². The molecule has 0 atom stereocenters.